The van der Waals surface area contributed by atoms with Gasteiger partial charge in [0, 0.05) is 0 Å². The number of rotatable bonds is 3. The summed E-state index contributed by atoms with van der Waals surface area (Å²) in [6.45, 7) is -0.110. The van der Waals surface area contributed by atoms with Gasteiger partial charge >= 0.3 is 0 Å². The molecule has 0 saturated carbocycles. The van der Waals surface area contributed by atoms with Crippen LogP contribution in [0.15, 0.2) is 11.3 Å². The molecule has 2 heterocycles. The first-order valence-corrected chi connectivity index (χ1v) is 7.40. The maximum atomic E-state index is 10.0. The predicted octanol–water partition coefficient (Wildman–Crippen LogP) is -1.25. The molecule has 0 spiro atoms. The van der Waals surface area contributed by atoms with E-state index in [9.17, 15) is 8.42 Å². The van der Waals surface area contributed by atoms with Gasteiger partial charge in [-0.2, -0.15) is 8.42 Å². The van der Waals surface area contributed by atoms with Crippen LogP contribution in [-0.2, 0) is 10.1 Å². The van der Waals surface area contributed by atoms with Crippen molar-refractivity contribution in [2.24, 2.45) is 16.5 Å². The lowest BCUT2D eigenvalue weighted by Gasteiger charge is -1.91. The Hall–Kier alpha value is -2.25. The van der Waals surface area contributed by atoms with Gasteiger partial charge in [0.2, 0.25) is 5.95 Å². The fourth-order valence-corrected chi connectivity index (χ4v) is 1.73. The van der Waals surface area contributed by atoms with Crippen molar-refractivity contribution in [3.8, 4) is 0 Å². The molecule has 0 unspecified atom stereocenters. The van der Waals surface area contributed by atoms with Crippen LogP contribution in [-0.4, -0.2) is 51.2 Å². The van der Waals surface area contributed by atoms with Crippen molar-refractivity contribution in [2.45, 2.75) is 0 Å². The third kappa shape index (κ3) is 6.15. The minimum Gasteiger partial charge on any atom is -0.370 e. The molecule has 0 aromatic carbocycles. The van der Waals surface area contributed by atoms with Gasteiger partial charge in [-0.1, -0.05) is 12.2 Å². The number of imidazole rings is 1. The van der Waals surface area contributed by atoms with Gasteiger partial charge < -0.3 is 27.2 Å². The highest BCUT2D eigenvalue weighted by Gasteiger charge is 2.01. The standard InChI is InChI=1S/C5H5N5S.C3H9N3O3S/c6-5-9-3-2(4(11)10-5)7-1-8-3;4-3(5)6-1-2-10(7,8)9/h1H,(H4,6,7,8,9,10,11);1-2H2,(H4,4,5,6)(H,7,8,9). The number of aromatic amines is 2. The summed E-state index contributed by atoms with van der Waals surface area (Å²) in [5, 5.41) is 0. The fourth-order valence-electron chi connectivity index (χ4n) is 1.16. The predicted molar refractivity (Wildman–Crippen MR) is 80.6 cm³/mol. The normalized spacial score (nSPS) is 10.7. The lowest BCUT2D eigenvalue weighted by molar-refractivity contribution is 0.483. The van der Waals surface area contributed by atoms with E-state index in [1.165, 1.54) is 6.33 Å². The van der Waals surface area contributed by atoms with Crippen molar-refractivity contribution >= 4 is 45.4 Å². The third-order valence-corrected chi connectivity index (χ3v) is 2.96. The van der Waals surface area contributed by atoms with Crippen LogP contribution in [0.2, 0.25) is 0 Å². The molecule has 9 N–H and O–H groups in total. The summed E-state index contributed by atoms with van der Waals surface area (Å²) in [7, 11) is -3.94. The molecule has 0 fully saturated rings. The quantitative estimate of drug-likeness (QED) is 0.171. The summed E-state index contributed by atoms with van der Waals surface area (Å²) in [4.78, 5) is 16.7. The number of hydrogen-bond donors (Lipinski definition) is 6. The average molecular weight is 334 g/mol. The fraction of sp³-hybridized carbons (Fsp3) is 0.250. The molecule has 0 aliphatic carbocycles. The van der Waals surface area contributed by atoms with Crippen molar-refractivity contribution in [2.75, 3.05) is 18.0 Å². The van der Waals surface area contributed by atoms with Crippen LogP contribution < -0.4 is 17.2 Å². The summed E-state index contributed by atoms with van der Waals surface area (Å²) < 4.78 is 28.6. The molecule has 2 aromatic rings. The molecule has 2 aromatic heterocycles. The summed E-state index contributed by atoms with van der Waals surface area (Å²) in [5.41, 5.74) is 16.5. The van der Waals surface area contributed by atoms with E-state index in [1.54, 1.807) is 0 Å². The second-order valence-electron chi connectivity index (χ2n) is 3.65. The maximum Gasteiger partial charge on any atom is 0.266 e. The van der Waals surface area contributed by atoms with Crippen LogP contribution in [0.3, 0.4) is 0 Å². The molecular weight excluding hydrogens is 320 g/mol. The first-order valence-electron chi connectivity index (χ1n) is 5.38. The molecule has 0 bridgehead atoms. The van der Waals surface area contributed by atoms with Crippen LogP contribution >= 0.6 is 12.2 Å². The van der Waals surface area contributed by atoms with Gasteiger partial charge in [0.05, 0.1) is 18.6 Å². The van der Waals surface area contributed by atoms with Crippen molar-refractivity contribution in [3.05, 3.63) is 11.0 Å². The minimum atomic E-state index is -3.94. The largest absolute Gasteiger partial charge is 0.370 e. The van der Waals surface area contributed by atoms with E-state index in [4.69, 9.17) is 34.0 Å². The number of anilines is 1. The maximum absolute atomic E-state index is 10.0. The zero-order valence-electron chi connectivity index (χ0n) is 10.6. The molecule has 0 aliphatic heterocycles. The van der Waals surface area contributed by atoms with Crippen LogP contribution in [0.4, 0.5) is 5.95 Å². The summed E-state index contributed by atoms with van der Waals surface area (Å²) in [6.07, 6.45) is 1.54. The number of nitrogens with two attached hydrogens (primary N) is 3. The highest BCUT2D eigenvalue weighted by molar-refractivity contribution is 7.85. The van der Waals surface area contributed by atoms with Gasteiger partial charge in [-0.3, -0.25) is 9.55 Å². The molecule has 11 nitrogen and oxygen atoms in total. The Morgan fingerprint density at radius 1 is 1.48 bits per heavy atom. The van der Waals surface area contributed by atoms with Gasteiger partial charge in [-0.15, -0.1) is 0 Å². The number of nitrogens with one attached hydrogen (secondary N) is 2. The van der Waals surface area contributed by atoms with E-state index in [2.05, 4.69) is 24.9 Å². The highest BCUT2D eigenvalue weighted by atomic mass is 32.2. The Morgan fingerprint density at radius 3 is 2.71 bits per heavy atom. The van der Waals surface area contributed by atoms with Crippen molar-refractivity contribution in [1.29, 1.82) is 0 Å². The molecule has 2 rings (SSSR count). The van der Waals surface area contributed by atoms with Crippen LogP contribution in [0, 0.1) is 4.64 Å². The number of aromatic nitrogens is 4. The lowest BCUT2D eigenvalue weighted by atomic mass is 10.6. The topological polar surface area (TPSA) is 202 Å². The second kappa shape index (κ2) is 6.96. The summed E-state index contributed by atoms with van der Waals surface area (Å²) >= 11 is 4.91. The molecule has 21 heavy (non-hydrogen) atoms. The van der Waals surface area contributed by atoms with Crippen molar-refractivity contribution in [1.82, 2.24) is 19.9 Å². The van der Waals surface area contributed by atoms with E-state index in [0.717, 1.165) is 0 Å². The van der Waals surface area contributed by atoms with E-state index in [0.29, 0.717) is 15.8 Å². The number of nitrogen functional groups attached to an aromatic ring is 1. The smallest absolute Gasteiger partial charge is 0.266 e. The van der Waals surface area contributed by atoms with Gasteiger partial charge in [0.1, 0.15) is 5.52 Å². The summed E-state index contributed by atoms with van der Waals surface area (Å²) in [5.74, 6) is -0.358. The van der Waals surface area contributed by atoms with Crippen LogP contribution in [0.25, 0.3) is 11.2 Å². The Balaban J connectivity index is 0.000000212. The molecule has 0 saturated heterocycles. The molecule has 0 amide bonds. The van der Waals surface area contributed by atoms with E-state index < -0.39 is 15.9 Å². The molecule has 13 heteroatoms. The number of aliphatic imine (C=N–C) groups is 1. The molecule has 0 atom stereocenters. The van der Waals surface area contributed by atoms with Gasteiger partial charge in [0.25, 0.3) is 10.1 Å². The van der Waals surface area contributed by atoms with E-state index in [-0.39, 0.29) is 18.5 Å². The minimum absolute atomic E-state index is 0.110. The SMILES string of the molecule is NC(N)=NCCS(=O)(=O)O.Nc1nc(=S)c2[nH]cnc2[nH]1. The average Bonchev–Trinajstić information content (AvgIpc) is 2.75. The van der Waals surface area contributed by atoms with Crippen LogP contribution in [0.5, 0.6) is 0 Å². The first-order chi connectivity index (χ1) is 9.69. The number of H-pyrrole nitrogens is 2. The summed E-state index contributed by atoms with van der Waals surface area (Å²) in [6, 6.07) is 0. The molecule has 0 aliphatic rings. The van der Waals surface area contributed by atoms with Gasteiger partial charge in [-0.25, -0.2) is 9.97 Å². The van der Waals surface area contributed by atoms with Crippen molar-refractivity contribution in [3.63, 3.8) is 0 Å². The number of fused-ring (bicyclic) bond motifs is 1. The number of guanidine groups is 1. The number of nitrogens with zero attached hydrogens (tertiary/aromatic N) is 3. The first kappa shape index (κ1) is 16.8. The Morgan fingerprint density at radius 2 is 2.14 bits per heavy atom. The van der Waals surface area contributed by atoms with Crippen molar-refractivity contribution < 1.29 is 13.0 Å². The number of hydrogen-bond acceptors (Lipinski definition) is 7. The lowest BCUT2D eigenvalue weighted by Crippen LogP contribution is -2.24. The van der Waals surface area contributed by atoms with E-state index in [1.807, 2.05) is 0 Å². The third-order valence-electron chi connectivity index (χ3n) is 1.97. The Bertz CT molecular complexity index is 789. The molecular formula is C8H14N8O3S2. The second-order valence-corrected chi connectivity index (χ2v) is 5.60. The zero-order chi connectivity index (χ0) is 16.0. The molecule has 116 valence electrons. The monoisotopic (exact) mass is 334 g/mol. The Labute approximate surface area is 124 Å². The highest BCUT2D eigenvalue weighted by Crippen LogP contribution is 2.06. The molecule has 0 radical (unpaired) electrons. The van der Waals surface area contributed by atoms with E-state index >= 15 is 0 Å². The van der Waals surface area contributed by atoms with Gasteiger partial charge in [-0.05, 0) is 0 Å². The van der Waals surface area contributed by atoms with Crippen LogP contribution in [0.1, 0.15) is 0 Å². The zero-order valence-corrected chi connectivity index (χ0v) is 12.3. The Kier molecular flexibility index (Phi) is 5.57. The van der Waals surface area contributed by atoms with Gasteiger partial charge in [0.15, 0.2) is 16.2 Å².